The van der Waals surface area contributed by atoms with Crippen molar-refractivity contribution in [2.24, 2.45) is 0 Å². The number of nitrogens with one attached hydrogen (secondary N) is 2. The minimum absolute atomic E-state index is 0.0599. The Morgan fingerprint density at radius 2 is 1.97 bits per heavy atom. The van der Waals surface area contributed by atoms with Gasteiger partial charge in [0.1, 0.15) is 28.5 Å². The number of amides is 1. The Kier molecular flexibility index (Phi) is 6.87. The van der Waals surface area contributed by atoms with Gasteiger partial charge in [-0.05, 0) is 52.2 Å². The lowest BCUT2D eigenvalue weighted by Crippen LogP contribution is -2.20. The largest absolute Gasteiger partial charge is 0.487 e. The monoisotopic (exact) mass is 492 g/mol. The van der Waals surface area contributed by atoms with Crippen LogP contribution < -0.4 is 15.6 Å². The van der Waals surface area contributed by atoms with Crippen LogP contribution >= 0.6 is 15.9 Å². The molecule has 0 saturated heterocycles. The van der Waals surface area contributed by atoms with Crippen LogP contribution in [0.3, 0.4) is 0 Å². The number of aliphatic hydroxyl groups excluding tert-OH is 1. The second kappa shape index (κ2) is 9.40. The van der Waals surface area contributed by atoms with Crippen molar-refractivity contribution in [2.75, 3.05) is 7.05 Å². The first-order chi connectivity index (χ1) is 14.8. The first-order valence-electron chi connectivity index (χ1n) is 9.22. The highest BCUT2D eigenvalue weighted by Crippen LogP contribution is 2.39. The Morgan fingerprint density at radius 1 is 1.23 bits per heavy atom. The van der Waals surface area contributed by atoms with E-state index in [4.69, 9.17) is 4.74 Å². The molecule has 0 spiro atoms. The van der Waals surface area contributed by atoms with Gasteiger partial charge in [0.15, 0.2) is 0 Å². The molecule has 1 amide bonds. The highest BCUT2D eigenvalue weighted by Gasteiger charge is 2.22. The molecule has 2 aromatic carbocycles. The number of aliphatic hydroxyl groups is 1. The van der Waals surface area contributed by atoms with Crippen molar-refractivity contribution in [2.45, 2.75) is 20.1 Å². The summed E-state index contributed by atoms with van der Waals surface area (Å²) in [5.41, 5.74) is 1.69. The second-order valence-corrected chi connectivity index (χ2v) is 7.53. The molecule has 0 fully saturated rings. The van der Waals surface area contributed by atoms with E-state index in [2.05, 4.69) is 26.2 Å². The number of halogens is 3. The fourth-order valence-corrected chi connectivity index (χ4v) is 3.56. The van der Waals surface area contributed by atoms with Crippen molar-refractivity contribution in [3.8, 4) is 16.9 Å². The van der Waals surface area contributed by atoms with Crippen molar-refractivity contribution in [3.63, 3.8) is 0 Å². The Balaban J connectivity index is 2.17. The van der Waals surface area contributed by atoms with Gasteiger partial charge in [-0.2, -0.15) is 0 Å². The summed E-state index contributed by atoms with van der Waals surface area (Å²) in [4.78, 5) is 27.5. The Bertz CT molecular complexity index is 1210. The van der Waals surface area contributed by atoms with E-state index in [0.29, 0.717) is 22.4 Å². The van der Waals surface area contributed by atoms with Gasteiger partial charge in [-0.15, -0.1) is 0 Å². The number of aromatic amines is 1. The molecule has 3 rings (SSSR count). The zero-order valence-electron chi connectivity index (χ0n) is 16.7. The zero-order chi connectivity index (χ0) is 22.7. The third kappa shape index (κ3) is 4.67. The quantitative estimate of drug-likeness (QED) is 0.487. The third-order valence-electron chi connectivity index (χ3n) is 4.70. The van der Waals surface area contributed by atoms with Gasteiger partial charge in [-0.3, -0.25) is 9.59 Å². The second-order valence-electron chi connectivity index (χ2n) is 6.74. The van der Waals surface area contributed by atoms with Crippen LogP contribution in [0, 0.1) is 18.6 Å². The SMILES string of the molecule is CNC(=O)c1cc(CO)ccc1-c1c(C)[nH]c(=O)c(Br)c1OCc1ccc(F)cc1F. The number of H-pyrrole nitrogens is 1. The normalized spacial score (nSPS) is 10.8. The number of carbonyl (C=O) groups excluding carboxylic acids is 1. The summed E-state index contributed by atoms with van der Waals surface area (Å²) in [6.07, 6.45) is 0. The number of aryl methyl sites for hydroxylation is 1. The Morgan fingerprint density at radius 3 is 2.61 bits per heavy atom. The molecular formula is C22H19BrF2N2O4. The van der Waals surface area contributed by atoms with Gasteiger partial charge in [0.2, 0.25) is 0 Å². The summed E-state index contributed by atoms with van der Waals surface area (Å²) in [6.45, 7) is 1.11. The summed E-state index contributed by atoms with van der Waals surface area (Å²) in [7, 11) is 1.47. The number of rotatable bonds is 6. The van der Waals surface area contributed by atoms with Gasteiger partial charge in [-0.1, -0.05) is 12.1 Å². The molecule has 0 saturated carbocycles. The smallest absolute Gasteiger partial charge is 0.266 e. The molecule has 6 nitrogen and oxygen atoms in total. The summed E-state index contributed by atoms with van der Waals surface area (Å²) in [5.74, 6) is -1.79. The van der Waals surface area contributed by atoms with Crippen molar-refractivity contribution < 1.29 is 23.4 Å². The lowest BCUT2D eigenvalue weighted by molar-refractivity contribution is 0.0963. The molecule has 162 valence electrons. The van der Waals surface area contributed by atoms with E-state index < -0.39 is 23.1 Å². The molecule has 0 atom stereocenters. The highest BCUT2D eigenvalue weighted by atomic mass is 79.9. The molecule has 0 aliphatic carbocycles. The van der Waals surface area contributed by atoms with Crippen LogP contribution in [0.15, 0.2) is 45.7 Å². The molecular weight excluding hydrogens is 474 g/mol. The molecule has 3 N–H and O–H groups in total. The Hall–Kier alpha value is -3.04. The van der Waals surface area contributed by atoms with Gasteiger partial charge in [0.05, 0.1) is 6.61 Å². The van der Waals surface area contributed by atoms with E-state index in [9.17, 15) is 23.5 Å². The predicted octanol–water partition coefficient (Wildman–Crippen LogP) is 3.82. The topological polar surface area (TPSA) is 91.4 Å². The third-order valence-corrected chi connectivity index (χ3v) is 5.42. The minimum atomic E-state index is -0.780. The maximum absolute atomic E-state index is 14.1. The minimum Gasteiger partial charge on any atom is -0.487 e. The molecule has 0 bridgehead atoms. The highest BCUT2D eigenvalue weighted by molar-refractivity contribution is 9.10. The van der Waals surface area contributed by atoms with Crippen LogP contribution in [0.4, 0.5) is 8.78 Å². The molecule has 0 aliphatic heterocycles. The molecule has 0 aliphatic rings. The van der Waals surface area contributed by atoms with Crippen molar-refractivity contribution in [1.29, 1.82) is 0 Å². The van der Waals surface area contributed by atoms with Gasteiger partial charge >= 0.3 is 0 Å². The first kappa shape index (κ1) is 22.6. The number of benzene rings is 2. The molecule has 1 aromatic heterocycles. The molecule has 3 aromatic rings. The maximum atomic E-state index is 14.1. The van der Waals surface area contributed by atoms with Crippen LogP contribution in [-0.2, 0) is 13.2 Å². The van der Waals surface area contributed by atoms with Crippen LogP contribution in [0.1, 0.15) is 27.2 Å². The first-order valence-corrected chi connectivity index (χ1v) is 10.0. The molecule has 31 heavy (non-hydrogen) atoms. The van der Waals surface area contributed by atoms with E-state index in [-0.39, 0.29) is 34.6 Å². The van der Waals surface area contributed by atoms with E-state index in [1.807, 2.05) is 0 Å². The number of carbonyl (C=O) groups is 1. The number of pyridine rings is 1. The van der Waals surface area contributed by atoms with E-state index in [1.54, 1.807) is 19.1 Å². The number of hydrogen-bond acceptors (Lipinski definition) is 4. The number of hydrogen-bond donors (Lipinski definition) is 3. The van der Waals surface area contributed by atoms with Gasteiger partial charge in [-0.25, -0.2) is 8.78 Å². The van der Waals surface area contributed by atoms with Gasteiger partial charge < -0.3 is 20.1 Å². The summed E-state index contributed by atoms with van der Waals surface area (Å²) < 4.78 is 33.1. The van der Waals surface area contributed by atoms with Gasteiger partial charge in [0.25, 0.3) is 11.5 Å². The van der Waals surface area contributed by atoms with E-state index in [0.717, 1.165) is 12.1 Å². The lowest BCUT2D eigenvalue weighted by Gasteiger charge is -2.18. The zero-order valence-corrected chi connectivity index (χ0v) is 18.3. The van der Waals surface area contributed by atoms with Crippen LogP contribution in [0.25, 0.3) is 11.1 Å². The lowest BCUT2D eigenvalue weighted by atomic mass is 9.95. The fourth-order valence-electron chi connectivity index (χ4n) is 3.15. The van der Waals surface area contributed by atoms with Crippen LogP contribution in [0.5, 0.6) is 5.75 Å². The average molecular weight is 493 g/mol. The summed E-state index contributed by atoms with van der Waals surface area (Å²) >= 11 is 3.21. The van der Waals surface area contributed by atoms with Crippen molar-refractivity contribution in [1.82, 2.24) is 10.3 Å². The van der Waals surface area contributed by atoms with E-state index >= 15 is 0 Å². The average Bonchev–Trinajstić information content (AvgIpc) is 2.75. The van der Waals surface area contributed by atoms with Crippen LogP contribution in [0.2, 0.25) is 0 Å². The molecule has 9 heteroatoms. The number of aromatic nitrogens is 1. The van der Waals surface area contributed by atoms with Crippen molar-refractivity contribution >= 4 is 21.8 Å². The fraction of sp³-hybridized carbons (Fsp3) is 0.182. The molecule has 0 radical (unpaired) electrons. The predicted molar refractivity (Wildman–Crippen MR) is 115 cm³/mol. The summed E-state index contributed by atoms with van der Waals surface area (Å²) in [5, 5.41) is 12.0. The molecule has 1 heterocycles. The standard InChI is InChI=1S/C22H19BrF2N2O4/c1-11-18(15-6-3-12(9-28)7-16(15)21(29)26-2)20(19(23)22(30)27-11)31-10-13-4-5-14(24)8-17(13)25/h3-8,28H,9-10H2,1-2H3,(H,26,29)(H,27,30). The Labute approximate surface area is 185 Å². The van der Waals surface area contributed by atoms with Crippen molar-refractivity contribution in [3.05, 3.63) is 85.2 Å². The maximum Gasteiger partial charge on any atom is 0.266 e. The summed E-state index contributed by atoms with van der Waals surface area (Å²) in [6, 6.07) is 7.92. The molecule has 0 unspecified atom stereocenters. The van der Waals surface area contributed by atoms with Crippen LogP contribution in [-0.4, -0.2) is 23.0 Å². The number of ether oxygens (including phenoxy) is 1. The van der Waals surface area contributed by atoms with Gasteiger partial charge in [0, 0.05) is 35.5 Å². The van der Waals surface area contributed by atoms with E-state index in [1.165, 1.54) is 19.2 Å².